The summed E-state index contributed by atoms with van der Waals surface area (Å²) >= 11 is 0. The Hall–Kier alpha value is -3.29. The van der Waals surface area contributed by atoms with Crippen LogP contribution in [-0.4, -0.2) is 29.8 Å². The number of furan rings is 1. The van der Waals surface area contributed by atoms with Crippen molar-refractivity contribution in [1.82, 2.24) is 9.78 Å². The minimum Gasteiger partial charge on any atom is -0.497 e. The van der Waals surface area contributed by atoms with Crippen molar-refractivity contribution < 1.29 is 23.1 Å². The highest BCUT2D eigenvalue weighted by molar-refractivity contribution is 5.98. The Balaban J connectivity index is 1.87. The van der Waals surface area contributed by atoms with Gasteiger partial charge in [-0.1, -0.05) is 0 Å². The van der Waals surface area contributed by atoms with Crippen LogP contribution in [0.1, 0.15) is 10.4 Å². The van der Waals surface area contributed by atoms with E-state index in [4.69, 9.17) is 18.3 Å². The van der Waals surface area contributed by atoms with Crippen molar-refractivity contribution in [2.75, 3.05) is 14.2 Å². The highest BCUT2D eigenvalue weighted by Crippen LogP contribution is 2.25. The Kier molecular flexibility index (Phi) is 4.19. The Morgan fingerprint density at radius 3 is 2.75 bits per heavy atom. The van der Waals surface area contributed by atoms with Crippen molar-refractivity contribution in [2.24, 2.45) is 0 Å². The molecule has 0 unspecified atom stereocenters. The SMILES string of the molecule is COc1ccc(C(=O)Cn2nc(-c3ccco3)oc2=O)c(OC)c1. The largest absolute Gasteiger partial charge is 0.497 e. The lowest BCUT2D eigenvalue weighted by Crippen LogP contribution is -2.22. The number of ketones is 1. The normalized spacial score (nSPS) is 10.6. The van der Waals surface area contributed by atoms with Crippen LogP contribution in [0.4, 0.5) is 0 Å². The molecule has 0 saturated carbocycles. The number of rotatable bonds is 6. The second-order valence-corrected chi connectivity index (χ2v) is 4.80. The van der Waals surface area contributed by atoms with Gasteiger partial charge >= 0.3 is 5.76 Å². The lowest BCUT2D eigenvalue weighted by molar-refractivity contribution is 0.0962. The standard InChI is InChI=1S/C16H14N2O6/c1-21-10-5-6-11(14(8-10)22-2)12(19)9-18-16(20)24-15(17-18)13-4-3-7-23-13/h3-8H,9H2,1-2H3. The summed E-state index contributed by atoms with van der Waals surface area (Å²) in [7, 11) is 2.96. The number of benzene rings is 1. The summed E-state index contributed by atoms with van der Waals surface area (Å²) in [6.45, 7) is -0.286. The number of nitrogens with zero attached hydrogens (tertiary/aromatic N) is 2. The van der Waals surface area contributed by atoms with Crippen LogP contribution < -0.4 is 15.2 Å². The van der Waals surface area contributed by atoms with E-state index in [1.807, 2.05) is 0 Å². The second-order valence-electron chi connectivity index (χ2n) is 4.80. The molecular formula is C16H14N2O6. The second kappa shape index (κ2) is 6.45. The summed E-state index contributed by atoms with van der Waals surface area (Å²) in [5, 5.41) is 3.96. The molecule has 0 radical (unpaired) electrons. The summed E-state index contributed by atoms with van der Waals surface area (Å²) in [5.74, 6) is 0.127. The average molecular weight is 330 g/mol. The maximum Gasteiger partial charge on any atom is 0.437 e. The summed E-state index contributed by atoms with van der Waals surface area (Å²) in [6.07, 6.45) is 1.43. The van der Waals surface area contributed by atoms with E-state index in [2.05, 4.69) is 5.10 Å². The van der Waals surface area contributed by atoms with E-state index in [0.29, 0.717) is 22.8 Å². The number of methoxy groups -OCH3 is 2. The molecule has 0 atom stereocenters. The quantitative estimate of drug-likeness (QED) is 0.638. The summed E-state index contributed by atoms with van der Waals surface area (Å²) in [4.78, 5) is 24.3. The third kappa shape index (κ3) is 2.94. The molecule has 3 aromatic rings. The third-order valence-corrected chi connectivity index (χ3v) is 3.34. The minimum atomic E-state index is -0.748. The monoisotopic (exact) mass is 330 g/mol. The molecule has 8 heteroatoms. The van der Waals surface area contributed by atoms with Gasteiger partial charge in [0.05, 0.1) is 26.0 Å². The first-order valence-corrected chi connectivity index (χ1v) is 6.99. The molecule has 0 spiro atoms. The van der Waals surface area contributed by atoms with Gasteiger partial charge in [-0.15, -0.1) is 5.10 Å². The van der Waals surface area contributed by atoms with E-state index in [0.717, 1.165) is 4.68 Å². The number of carbonyl (C=O) groups is 1. The van der Waals surface area contributed by atoms with Crippen molar-refractivity contribution >= 4 is 5.78 Å². The fraction of sp³-hybridized carbons (Fsp3) is 0.188. The van der Waals surface area contributed by atoms with Crippen molar-refractivity contribution in [1.29, 1.82) is 0 Å². The molecule has 3 rings (SSSR count). The predicted molar refractivity (Wildman–Crippen MR) is 82.3 cm³/mol. The molecule has 124 valence electrons. The van der Waals surface area contributed by atoms with E-state index in [1.165, 1.54) is 20.5 Å². The van der Waals surface area contributed by atoms with Gasteiger partial charge in [0.2, 0.25) is 0 Å². The molecule has 0 aliphatic heterocycles. The number of carbonyl (C=O) groups excluding carboxylic acids is 1. The Morgan fingerprint density at radius 2 is 2.08 bits per heavy atom. The molecule has 2 heterocycles. The van der Waals surface area contributed by atoms with E-state index in [1.54, 1.807) is 30.3 Å². The molecule has 1 aromatic carbocycles. The van der Waals surface area contributed by atoms with Gasteiger partial charge in [0.15, 0.2) is 11.5 Å². The van der Waals surface area contributed by atoms with Gasteiger partial charge in [-0.3, -0.25) is 4.79 Å². The summed E-state index contributed by atoms with van der Waals surface area (Å²) in [6, 6.07) is 8.03. The van der Waals surface area contributed by atoms with Gasteiger partial charge in [-0.05, 0) is 24.3 Å². The first kappa shape index (κ1) is 15.6. The van der Waals surface area contributed by atoms with E-state index in [9.17, 15) is 9.59 Å². The Labute approximate surface area is 136 Å². The average Bonchev–Trinajstić information content (AvgIpc) is 3.24. The molecular weight excluding hydrogens is 316 g/mol. The Bertz CT molecular complexity index is 907. The lowest BCUT2D eigenvalue weighted by Gasteiger charge is -2.09. The number of aromatic nitrogens is 2. The smallest absolute Gasteiger partial charge is 0.437 e. The number of hydrogen-bond acceptors (Lipinski definition) is 7. The molecule has 8 nitrogen and oxygen atoms in total. The van der Waals surface area contributed by atoms with E-state index < -0.39 is 5.76 Å². The van der Waals surface area contributed by atoms with E-state index >= 15 is 0 Å². The first-order valence-electron chi connectivity index (χ1n) is 6.99. The fourth-order valence-electron chi connectivity index (χ4n) is 2.16. The highest BCUT2D eigenvalue weighted by atomic mass is 16.5. The van der Waals surface area contributed by atoms with Crippen LogP contribution in [0.5, 0.6) is 11.5 Å². The van der Waals surface area contributed by atoms with Crippen LogP contribution in [-0.2, 0) is 6.54 Å². The molecule has 0 N–H and O–H groups in total. The van der Waals surface area contributed by atoms with Crippen molar-refractivity contribution in [3.8, 4) is 23.1 Å². The summed E-state index contributed by atoms with van der Waals surface area (Å²) in [5.41, 5.74) is 0.313. The first-order chi connectivity index (χ1) is 11.6. The molecule has 24 heavy (non-hydrogen) atoms. The zero-order valence-electron chi connectivity index (χ0n) is 13.0. The van der Waals surface area contributed by atoms with Crippen molar-refractivity contribution in [3.05, 3.63) is 52.7 Å². The van der Waals surface area contributed by atoms with Gasteiger partial charge in [0.1, 0.15) is 18.0 Å². The number of ether oxygens (including phenoxy) is 2. The zero-order chi connectivity index (χ0) is 17.1. The van der Waals surface area contributed by atoms with Gasteiger partial charge < -0.3 is 18.3 Å². The molecule has 2 aromatic heterocycles. The van der Waals surface area contributed by atoms with Gasteiger partial charge in [0.25, 0.3) is 5.89 Å². The Morgan fingerprint density at radius 1 is 1.25 bits per heavy atom. The number of hydrogen-bond donors (Lipinski definition) is 0. The van der Waals surface area contributed by atoms with Crippen LogP contribution >= 0.6 is 0 Å². The molecule has 0 aliphatic carbocycles. The zero-order valence-corrected chi connectivity index (χ0v) is 13.0. The maximum atomic E-state index is 12.5. The van der Waals surface area contributed by atoms with Gasteiger partial charge in [-0.2, -0.15) is 4.68 Å². The third-order valence-electron chi connectivity index (χ3n) is 3.34. The predicted octanol–water partition coefficient (Wildman–Crippen LogP) is 2.00. The van der Waals surface area contributed by atoms with Crippen LogP contribution in [0, 0.1) is 0 Å². The maximum absolute atomic E-state index is 12.5. The number of Topliss-reactive ketones (excluding diaryl/α,β-unsaturated/α-hetero) is 1. The molecule has 0 bridgehead atoms. The molecule has 0 fully saturated rings. The molecule has 0 saturated heterocycles. The highest BCUT2D eigenvalue weighted by Gasteiger charge is 2.18. The van der Waals surface area contributed by atoms with Gasteiger partial charge in [0, 0.05) is 6.07 Å². The van der Waals surface area contributed by atoms with Gasteiger partial charge in [-0.25, -0.2) is 4.79 Å². The fourth-order valence-corrected chi connectivity index (χ4v) is 2.16. The minimum absolute atomic E-state index is 0.0134. The summed E-state index contributed by atoms with van der Waals surface area (Å²) < 4.78 is 21.3. The van der Waals surface area contributed by atoms with Crippen LogP contribution in [0.3, 0.4) is 0 Å². The van der Waals surface area contributed by atoms with Crippen LogP contribution in [0.25, 0.3) is 11.7 Å². The molecule has 0 aliphatic rings. The van der Waals surface area contributed by atoms with Crippen LogP contribution in [0.2, 0.25) is 0 Å². The van der Waals surface area contributed by atoms with Crippen molar-refractivity contribution in [3.63, 3.8) is 0 Å². The van der Waals surface area contributed by atoms with Crippen molar-refractivity contribution in [2.45, 2.75) is 6.54 Å². The topological polar surface area (TPSA) is 96.7 Å². The molecule has 0 amide bonds. The van der Waals surface area contributed by atoms with Crippen LogP contribution in [0.15, 0.2) is 50.2 Å². The van der Waals surface area contributed by atoms with E-state index in [-0.39, 0.29) is 18.2 Å². The lowest BCUT2D eigenvalue weighted by atomic mass is 10.1.